The molecule has 2 aromatic carbocycles. The largest absolute Gasteiger partial charge is 0.493 e. The lowest BCUT2D eigenvalue weighted by atomic mass is 10.1. The van der Waals surface area contributed by atoms with E-state index in [1.54, 1.807) is 42.5 Å². The fourth-order valence-electron chi connectivity index (χ4n) is 3.09. The van der Waals surface area contributed by atoms with Gasteiger partial charge in [0.25, 0.3) is 11.8 Å². The van der Waals surface area contributed by atoms with E-state index < -0.39 is 0 Å². The molecule has 1 heterocycles. The van der Waals surface area contributed by atoms with E-state index in [1.807, 2.05) is 11.8 Å². The summed E-state index contributed by atoms with van der Waals surface area (Å²) in [5, 5.41) is 2.86. The van der Waals surface area contributed by atoms with E-state index in [-0.39, 0.29) is 11.8 Å². The van der Waals surface area contributed by atoms with Crippen molar-refractivity contribution in [3.8, 4) is 5.75 Å². The number of hydrogen-bond donors (Lipinski definition) is 1. The summed E-state index contributed by atoms with van der Waals surface area (Å²) < 4.78 is 6.20. The van der Waals surface area contributed by atoms with Gasteiger partial charge in [0.1, 0.15) is 5.75 Å². The summed E-state index contributed by atoms with van der Waals surface area (Å²) in [4.78, 5) is 26.8. The van der Waals surface area contributed by atoms with Gasteiger partial charge < -0.3 is 15.0 Å². The Balaban J connectivity index is 1.64. The molecule has 0 saturated carbocycles. The standard InChI is InChI=1S/C21H23BrN2O3/c1-2-27-19-11-8-16(14-18(19)22)20(25)23-17-9-6-15(7-10-17)21(26)24-12-4-3-5-13-24/h6-11,14H,2-5,12-13H2,1H3,(H,23,25). The zero-order chi connectivity index (χ0) is 19.2. The molecule has 1 N–H and O–H groups in total. The lowest BCUT2D eigenvalue weighted by molar-refractivity contribution is 0.0724. The van der Waals surface area contributed by atoms with Crippen molar-refractivity contribution in [3.63, 3.8) is 0 Å². The summed E-state index contributed by atoms with van der Waals surface area (Å²) in [6, 6.07) is 12.3. The molecule has 6 heteroatoms. The van der Waals surface area contributed by atoms with E-state index in [0.717, 1.165) is 30.4 Å². The van der Waals surface area contributed by atoms with Crippen LogP contribution in [0.15, 0.2) is 46.9 Å². The predicted octanol–water partition coefficient (Wildman–Crippen LogP) is 4.73. The van der Waals surface area contributed by atoms with Gasteiger partial charge in [0, 0.05) is 29.9 Å². The molecular weight excluding hydrogens is 408 g/mol. The molecule has 0 bridgehead atoms. The van der Waals surface area contributed by atoms with Crippen molar-refractivity contribution in [2.75, 3.05) is 25.0 Å². The molecular formula is C21H23BrN2O3. The Kier molecular flexibility index (Phi) is 6.50. The van der Waals surface area contributed by atoms with Crippen LogP contribution in [0, 0.1) is 0 Å². The van der Waals surface area contributed by atoms with Gasteiger partial charge in [-0.25, -0.2) is 0 Å². The summed E-state index contributed by atoms with van der Waals surface area (Å²) in [7, 11) is 0. The van der Waals surface area contributed by atoms with E-state index in [0.29, 0.717) is 29.2 Å². The van der Waals surface area contributed by atoms with E-state index in [2.05, 4.69) is 21.2 Å². The van der Waals surface area contributed by atoms with Crippen LogP contribution >= 0.6 is 15.9 Å². The average molecular weight is 431 g/mol. The van der Waals surface area contributed by atoms with Crippen LogP contribution in [0.25, 0.3) is 0 Å². The molecule has 1 saturated heterocycles. The summed E-state index contributed by atoms with van der Waals surface area (Å²) in [5.74, 6) is 0.548. The fraction of sp³-hybridized carbons (Fsp3) is 0.333. The molecule has 142 valence electrons. The van der Waals surface area contributed by atoms with Crippen LogP contribution in [0.3, 0.4) is 0 Å². The van der Waals surface area contributed by atoms with E-state index in [4.69, 9.17) is 4.74 Å². The number of nitrogens with one attached hydrogen (secondary N) is 1. The van der Waals surface area contributed by atoms with Gasteiger partial charge in [-0.2, -0.15) is 0 Å². The topological polar surface area (TPSA) is 58.6 Å². The lowest BCUT2D eigenvalue weighted by Gasteiger charge is -2.26. The van der Waals surface area contributed by atoms with Gasteiger partial charge in [-0.05, 0) is 84.6 Å². The fourth-order valence-corrected chi connectivity index (χ4v) is 3.59. The molecule has 0 aliphatic carbocycles. The van der Waals surface area contributed by atoms with E-state index in [9.17, 15) is 9.59 Å². The molecule has 0 spiro atoms. The molecule has 0 unspecified atom stereocenters. The normalized spacial score (nSPS) is 13.9. The molecule has 27 heavy (non-hydrogen) atoms. The molecule has 3 rings (SSSR count). The zero-order valence-electron chi connectivity index (χ0n) is 15.3. The Bertz CT molecular complexity index is 815. The van der Waals surface area contributed by atoms with Gasteiger partial charge >= 0.3 is 0 Å². The second-order valence-corrected chi connectivity index (χ2v) is 7.32. The zero-order valence-corrected chi connectivity index (χ0v) is 16.9. The Morgan fingerprint density at radius 3 is 2.33 bits per heavy atom. The molecule has 0 aromatic heterocycles. The van der Waals surface area contributed by atoms with Gasteiger partial charge in [0.05, 0.1) is 11.1 Å². The number of carbonyl (C=O) groups excluding carboxylic acids is 2. The summed E-state index contributed by atoms with van der Waals surface area (Å²) in [6.45, 7) is 4.12. The third-order valence-electron chi connectivity index (χ3n) is 4.53. The number of halogens is 1. The summed E-state index contributed by atoms with van der Waals surface area (Å²) in [6.07, 6.45) is 3.32. The van der Waals surface area contributed by atoms with Crippen molar-refractivity contribution in [1.82, 2.24) is 4.90 Å². The van der Waals surface area contributed by atoms with Crippen molar-refractivity contribution in [3.05, 3.63) is 58.1 Å². The first-order valence-electron chi connectivity index (χ1n) is 9.21. The molecule has 0 radical (unpaired) electrons. The number of carbonyl (C=O) groups is 2. The van der Waals surface area contributed by atoms with Crippen LogP contribution in [-0.4, -0.2) is 36.4 Å². The number of amides is 2. The first kappa shape index (κ1) is 19.4. The second kappa shape index (κ2) is 9.04. The maximum Gasteiger partial charge on any atom is 0.255 e. The minimum Gasteiger partial charge on any atom is -0.493 e. The molecule has 1 aliphatic heterocycles. The Morgan fingerprint density at radius 1 is 1.04 bits per heavy atom. The monoisotopic (exact) mass is 430 g/mol. The molecule has 1 aliphatic rings. The lowest BCUT2D eigenvalue weighted by Crippen LogP contribution is -2.35. The number of nitrogens with zero attached hydrogens (tertiary/aromatic N) is 1. The number of anilines is 1. The number of hydrogen-bond acceptors (Lipinski definition) is 3. The Morgan fingerprint density at radius 2 is 1.70 bits per heavy atom. The molecule has 2 amide bonds. The average Bonchev–Trinajstić information content (AvgIpc) is 2.70. The smallest absolute Gasteiger partial charge is 0.255 e. The molecule has 2 aromatic rings. The van der Waals surface area contributed by atoms with Crippen molar-refractivity contribution in [2.45, 2.75) is 26.2 Å². The summed E-state index contributed by atoms with van der Waals surface area (Å²) >= 11 is 3.42. The quantitative estimate of drug-likeness (QED) is 0.745. The van der Waals surface area contributed by atoms with Crippen molar-refractivity contribution >= 4 is 33.4 Å². The van der Waals surface area contributed by atoms with E-state index >= 15 is 0 Å². The number of ether oxygens (including phenoxy) is 1. The second-order valence-electron chi connectivity index (χ2n) is 6.46. The number of benzene rings is 2. The third-order valence-corrected chi connectivity index (χ3v) is 5.15. The van der Waals surface area contributed by atoms with Crippen molar-refractivity contribution < 1.29 is 14.3 Å². The minimum absolute atomic E-state index is 0.0584. The van der Waals surface area contributed by atoms with Gasteiger partial charge in [-0.1, -0.05) is 0 Å². The highest BCUT2D eigenvalue weighted by atomic mass is 79.9. The maximum absolute atomic E-state index is 12.5. The van der Waals surface area contributed by atoms with Crippen molar-refractivity contribution in [2.24, 2.45) is 0 Å². The number of piperidine rings is 1. The number of likely N-dealkylation sites (tertiary alicyclic amines) is 1. The van der Waals surface area contributed by atoms with Crippen LogP contribution in [0.2, 0.25) is 0 Å². The van der Waals surface area contributed by atoms with E-state index in [1.165, 1.54) is 6.42 Å². The van der Waals surface area contributed by atoms with Gasteiger partial charge in [-0.3, -0.25) is 9.59 Å². The first-order chi connectivity index (χ1) is 13.1. The molecule has 1 fully saturated rings. The van der Waals surface area contributed by atoms with Crippen LogP contribution in [-0.2, 0) is 0 Å². The van der Waals surface area contributed by atoms with Crippen molar-refractivity contribution in [1.29, 1.82) is 0 Å². The Hall–Kier alpha value is -2.34. The van der Waals surface area contributed by atoms with Crippen LogP contribution in [0.5, 0.6) is 5.75 Å². The van der Waals surface area contributed by atoms with Crippen LogP contribution in [0.4, 0.5) is 5.69 Å². The highest BCUT2D eigenvalue weighted by molar-refractivity contribution is 9.10. The first-order valence-corrected chi connectivity index (χ1v) is 10.0. The minimum atomic E-state index is -0.214. The van der Waals surface area contributed by atoms with Gasteiger partial charge in [0.15, 0.2) is 0 Å². The Labute approximate surface area is 167 Å². The SMILES string of the molecule is CCOc1ccc(C(=O)Nc2ccc(C(=O)N3CCCCC3)cc2)cc1Br. The highest BCUT2D eigenvalue weighted by Gasteiger charge is 2.18. The third kappa shape index (κ3) is 4.89. The molecule has 5 nitrogen and oxygen atoms in total. The predicted molar refractivity (Wildman–Crippen MR) is 109 cm³/mol. The van der Waals surface area contributed by atoms with Gasteiger partial charge in [-0.15, -0.1) is 0 Å². The van der Waals surface area contributed by atoms with Crippen LogP contribution in [0.1, 0.15) is 46.9 Å². The molecule has 0 atom stereocenters. The highest BCUT2D eigenvalue weighted by Crippen LogP contribution is 2.26. The summed E-state index contributed by atoms with van der Waals surface area (Å²) in [5.41, 5.74) is 1.83. The number of rotatable bonds is 5. The maximum atomic E-state index is 12.5. The van der Waals surface area contributed by atoms with Gasteiger partial charge in [0.2, 0.25) is 0 Å². The van der Waals surface area contributed by atoms with Crippen LogP contribution < -0.4 is 10.1 Å².